The van der Waals surface area contributed by atoms with Crippen LogP contribution in [0.3, 0.4) is 0 Å². The standard InChI is InChI=1S/C12H20N4OS/c1-4-13-12-15-14-10(18-12)11(17)16-6-5-8(2)7-9(16)3/h8-9H,4-7H2,1-3H3,(H,13,15). The molecule has 1 aromatic heterocycles. The first kappa shape index (κ1) is 13.3. The fourth-order valence-electron chi connectivity index (χ4n) is 2.36. The van der Waals surface area contributed by atoms with E-state index in [2.05, 4.69) is 29.4 Å². The van der Waals surface area contributed by atoms with Gasteiger partial charge in [-0.2, -0.15) is 0 Å². The molecule has 1 aromatic rings. The van der Waals surface area contributed by atoms with Gasteiger partial charge in [-0.05, 0) is 32.6 Å². The normalized spacial score (nSPS) is 24.1. The topological polar surface area (TPSA) is 58.1 Å². The van der Waals surface area contributed by atoms with Crippen LogP contribution in [0.15, 0.2) is 0 Å². The average Bonchev–Trinajstić information content (AvgIpc) is 2.77. The van der Waals surface area contributed by atoms with E-state index in [0.29, 0.717) is 17.0 Å². The maximum Gasteiger partial charge on any atom is 0.285 e. The molecule has 0 spiro atoms. The van der Waals surface area contributed by atoms with Crippen LogP contribution in [-0.2, 0) is 0 Å². The summed E-state index contributed by atoms with van der Waals surface area (Å²) in [4.78, 5) is 14.3. The van der Waals surface area contributed by atoms with Crippen molar-refractivity contribution in [2.24, 2.45) is 5.92 Å². The third kappa shape index (κ3) is 2.80. The molecule has 0 aromatic carbocycles. The Labute approximate surface area is 112 Å². The molecule has 1 aliphatic heterocycles. The second-order valence-electron chi connectivity index (χ2n) is 4.92. The Kier molecular flexibility index (Phi) is 4.16. The molecule has 2 unspecified atom stereocenters. The van der Waals surface area contributed by atoms with Gasteiger partial charge in [0, 0.05) is 19.1 Å². The molecule has 6 heteroatoms. The number of hydrogen-bond donors (Lipinski definition) is 1. The molecule has 0 aliphatic carbocycles. The van der Waals surface area contributed by atoms with Gasteiger partial charge in [0.15, 0.2) is 0 Å². The first-order chi connectivity index (χ1) is 8.61. The highest BCUT2D eigenvalue weighted by atomic mass is 32.1. The number of likely N-dealkylation sites (tertiary alicyclic amines) is 1. The van der Waals surface area contributed by atoms with Gasteiger partial charge in [-0.25, -0.2) is 0 Å². The van der Waals surface area contributed by atoms with E-state index in [9.17, 15) is 4.79 Å². The van der Waals surface area contributed by atoms with Crippen molar-refractivity contribution in [3.63, 3.8) is 0 Å². The second-order valence-corrected chi connectivity index (χ2v) is 5.90. The maximum absolute atomic E-state index is 12.3. The summed E-state index contributed by atoms with van der Waals surface area (Å²) in [6.07, 6.45) is 2.15. The number of aromatic nitrogens is 2. The van der Waals surface area contributed by atoms with E-state index in [1.54, 1.807) is 0 Å². The Hall–Kier alpha value is -1.17. The van der Waals surface area contributed by atoms with Crippen molar-refractivity contribution in [2.75, 3.05) is 18.4 Å². The Morgan fingerprint density at radius 3 is 2.94 bits per heavy atom. The Bertz CT molecular complexity index is 420. The van der Waals surface area contributed by atoms with E-state index < -0.39 is 0 Å². The second kappa shape index (κ2) is 5.65. The SMILES string of the molecule is CCNc1nnc(C(=O)N2CCC(C)CC2C)s1. The van der Waals surface area contributed by atoms with E-state index in [-0.39, 0.29) is 5.91 Å². The summed E-state index contributed by atoms with van der Waals surface area (Å²) >= 11 is 1.34. The lowest BCUT2D eigenvalue weighted by Crippen LogP contribution is -2.44. The molecule has 0 saturated carbocycles. The average molecular weight is 268 g/mol. The molecule has 1 fully saturated rings. The van der Waals surface area contributed by atoms with Gasteiger partial charge in [0.2, 0.25) is 10.1 Å². The maximum atomic E-state index is 12.3. The molecule has 2 heterocycles. The van der Waals surface area contributed by atoms with Gasteiger partial charge in [-0.3, -0.25) is 4.79 Å². The van der Waals surface area contributed by atoms with Crippen LogP contribution in [0.2, 0.25) is 0 Å². The van der Waals surface area contributed by atoms with Crippen molar-refractivity contribution < 1.29 is 4.79 Å². The highest BCUT2D eigenvalue weighted by Gasteiger charge is 2.29. The fraction of sp³-hybridized carbons (Fsp3) is 0.750. The van der Waals surface area contributed by atoms with Crippen LogP contribution in [0.5, 0.6) is 0 Å². The van der Waals surface area contributed by atoms with Crippen molar-refractivity contribution in [3.05, 3.63) is 5.01 Å². The molecule has 2 rings (SSSR count). The van der Waals surface area contributed by atoms with Crippen LogP contribution >= 0.6 is 11.3 Å². The molecule has 100 valence electrons. The van der Waals surface area contributed by atoms with E-state index in [4.69, 9.17) is 0 Å². The van der Waals surface area contributed by atoms with Crippen LogP contribution < -0.4 is 5.32 Å². The summed E-state index contributed by atoms with van der Waals surface area (Å²) in [5, 5.41) is 12.2. The van der Waals surface area contributed by atoms with Gasteiger partial charge >= 0.3 is 0 Å². The van der Waals surface area contributed by atoms with Crippen molar-refractivity contribution in [1.82, 2.24) is 15.1 Å². The predicted octanol–water partition coefficient (Wildman–Crippen LogP) is 2.23. The minimum atomic E-state index is 0.0241. The summed E-state index contributed by atoms with van der Waals surface area (Å²) in [6, 6.07) is 0.299. The van der Waals surface area contributed by atoms with Crippen LogP contribution in [-0.4, -0.2) is 40.1 Å². The van der Waals surface area contributed by atoms with Gasteiger partial charge in [0.25, 0.3) is 5.91 Å². The molecular weight excluding hydrogens is 248 g/mol. The summed E-state index contributed by atoms with van der Waals surface area (Å²) in [5.74, 6) is 0.729. The van der Waals surface area contributed by atoms with Crippen molar-refractivity contribution in [1.29, 1.82) is 0 Å². The molecule has 18 heavy (non-hydrogen) atoms. The number of anilines is 1. The summed E-state index contributed by atoms with van der Waals surface area (Å²) in [7, 11) is 0. The number of piperidine rings is 1. The highest BCUT2D eigenvalue weighted by Crippen LogP contribution is 2.25. The van der Waals surface area contributed by atoms with E-state index >= 15 is 0 Å². The third-order valence-electron chi connectivity index (χ3n) is 3.34. The summed E-state index contributed by atoms with van der Waals surface area (Å²) in [5.41, 5.74) is 0. The quantitative estimate of drug-likeness (QED) is 0.913. The van der Waals surface area contributed by atoms with E-state index in [1.807, 2.05) is 11.8 Å². The first-order valence-electron chi connectivity index (χ1n) is 6.50. The molecule has 1 N–H and O–H groups in total. The molecule has 1 amide bonds. The Morgan fingerprint density at radius 2 is 2.28 bits per heavy atom. The van der Waals surface area contributed by atoms with Crippen molar-refractivity contribution >= 4 is 22.4 Å². The monoisotopic (exact) mass is 268 g/mol. The van der Waals surface area contributed by atoms with Gasteiger partial charge in [0.05, 0.1) is 0 Å². The molecule has 1 saturated heterocycles. The molecular formula is C12H20N4OS. The van der Waals surface area contributed by atoms with Crippen LogP contribution in [0, 0.1) is 5.92 Å². The van der Waals surface area contributed by atoms with Gasteiger partial charge in [-0.15, -0.1) is 10.2 Å². The largest absolute Gasteiger partial charge is 0.360 e. The number of rotatable bonds is 3. The predicted molar refractivity (Wildman–Crippen MR) is 73.0 cm³/mol. The number of nitrogens with one attached hydrogen (secondary N) is 1. The lowest BCUT2D eigenvalue weighted by atomic mass is 9.93. The summed E-state index contributed by atoms with van der Waals surface area (Å²) in [6.45, 7) is 7.97. The molecule has 0 bridgehead atoms. The minimum absolute atomic E-state index is 0.0241. The Balaban J connectivity index is 2.05. The van der Waals surface area contributed by atoms with Crippen LogP contribution in [0.25, 0.3) is 0 Å². The summed E-state index contributed by atoms with van der Waals surface area (Å²) < 4.78 is 0. The van der Waals surface area contributed by atoms with Crippen LogP contribution in [0.4, 0.5) is 5.13 Å². The molecule has 5 nitrogen and oxygen atoms in total. The fourth-order valence-corrected chi connectivity index (χ4v) is 3.13. The smallest absolute Gasteiger partial charge is 0.285 e. The van der Waals surface area contributed by atoms with Crippen molar-refractivity contribution in [2.45, 2.75) is 39.7 Å². The minimum Gasteiger partial charge on any atom is -0.360 e. The highest BCUT2D eigenvalue weighted by molar-refractivity contribution is 7.17. The number of carbonyl (C=O) groups excluding carboxylic acids is 1. The molecule has 0 radical (unpaired) electrons. The number of nitrogens with zero attached hydrogens (tertiary/aromatic N) is 3. The Morgan fingerprint density at radius 1 is 1.50 bits per heavy atom. The van der Waals surface area contributed by atoms with Gasteiger partial charge in [0.1, 0.15) is 0 Å². The number of amides is 1. The molecule has 2 atom stereocenters. The zero-order valence-electron chi connectivity index (χ0n) is 11.1. The van der Waals surface area contributed by atoms with Crippen LogP contribution in [0.1, 0.15) is 43.4 Å². The number of hydrogen-bond acceptors (Lipinski definition) is 5. The van der Waals surface area contributed by atoms with E-state index in [1.165, 1.54) is 11.3 Å². The third-order valence-corrected chi connectivity index (χ3v) is 4.20. The molecule has 1 aliphatic rings. The first-order valence-corrected chi connectivity index (χ1v) is 7.31. The number of carbonyl (C=O) groups is 1. The van der Waals surface area contributed by atoms with Gasteiger partial charge < -0.3 is 10.2 Å². The lowest BCUT2D eigenvalue weighted by Gasteiger charge is -2.35. The lowest BCUT2D eigenvalue weighted by molar-refractivity contribution is 0.0587. The van der Waals surface area contributed by atoms with Gasteiger partial charge in [-0.1, -0.05) is 18.3 Å². The van der Waals surface area contributed by atoms with Crippen molar-refractivity contribution in [3.8, 4) is 0 Å². The zero-order valence-corrected chi connectivity index (χ0v) is 12.0. The zero-order chi connectivity index (χ0) is 13.1. The van der Waals surface area contributed by atoms with E-state index in [0.717, 1.165) is 31.1 Å².